The smallest absolute Gasteiger partial charge is 0.335 e. The standard InChI is InChI=1S/C11H15NO5/c13-5-11(6-14,7-15)12-9-3-1-8(2-4-9)10(16)17/h1-4,12-15H,5-7H2,(H,16,17). The number of benzene rings is 1. The van der Waals surface area contributed by atoms with Crippen molar-refractivity contribution < 1.29 is 25.2 Å². The first-order valence-corrected chi connectivity index (χ1v) is 5.01. The molecule has 6 heteroatoms. The van der Waals surface area contributed by atoms with Gasteiger partial charge in [-0.15, -0.1) is 0 Å². The van der Waals surface area contributed by atoms with Crippen LogP contribution in [0.4, 0.5) is 5.69 Å². The second kappa shape index (κ2) is 5.62. The Kier molecular flexibility index (Phi) is 4.45. The Morgan fingerprint density at radius 3 is 1.88 bits per heavy atom. The lowest BCUT2D eigenvalue weighted by Gasteiger charge is -2.29. The summed E-state index contributed by atoms with van der Waals surface area (Å²) in [6.45, 7) is -1.33. The van der Waals surface area contributed by atoms with Gasteiger partial charge in [0.1, 0.15) is 5.54 Å². The zero-order valence-corrected chi connectivity index (χ0v) is 9.13. The number of rotatable bonds is 6. The number of hydrogen-bond donors (Lipinski definition) is 5. The van der Waals surface area contributed by atoms with E-state index in [9.17, 15) is 4.79 Å². The monoisotopic (exact) mass is 241 g/mol. The molecule has 0 unspecified atom stereocenters. The fourth-order valence-corrected chi connectivity index (χ4v) is 1.27. The number of carboxylic acid groups (broad SMARTS) is 1. The fraction of sp³-hybridized carbons (Fsp3) is 0.364. The molecule has 0 heterocycles. The Morgan fingerprint density at radius 1 is 1.06 bits per heavy atom. The third-order valence-corrected chi connectivity index (χ3v) is 2.45. The molecule has 0 aliphatic rings. The lowest BCUT2D eigenvalue weighted by molar-refractivity contribution is 0.0696. The maximum absolute atomic E-state index is 10.6. The molecule has 0 fully saturated rings. The largest absolute Gasteiger partial charge is 0.478 e. The predicted molar refractivity (Wildman–Crippen MR) is 61.0 cm³/mol. The first-order chi connectivity index (χ1) is 8.06. The molecule has 94 valence electrons. The second-order valence-corrected chi connectivity index (χ2v) is 3.76. The topological polar surface area (TPSA) is 110 Å². The Bertz CT molecular complexity index is 364. The molecular weight excluding hydrogens is 226 g/mol. The zero-order valence-electron chi connectivity index (χ0n) is 9.13. The summed E-state index contributed by atoms with van der Waals surface area (Å²) in [6, 6.07) is 5.78. The Balaban J connectivity index is 2.84. The zero-order chi connectivity index (χ0) is 12.9. The van der Waals surface area contributed by atoms with Crippen molar-refractivity contribution in [3.63, 3.8) is 0 Å². The minimum atomic E-state index is -1.22. The third kappa shape index (κ3) is 3.16. The maximum Gasteiger partial charge on any atom is 0.335 e. The van der Waals surface area contributed by atoms with Crippen molar-refractivity contribution in [1.82, 2.24) is 0 Å². The number of aromatic carboxylic acids is 1. The van der Waals surface area contributed by atoms with Gasteiger partial charge in [-0.25, -0.2) is 4.79 Å². The first-order valence-electron chi connectivity index (χ1n) is 5.01. The quantitative estimate of drug-likeness (QED) is 0.460. The molecule has 0 radical (unpaired) electrons. The Hall–Kier alpha value is -1.63. The van der Waals surface area contributed by atoms with Crippen LogP contribution in [0, 0.1) is 0 Å². The summed E-state index contributed by atoms with van der Waals surface area (Å²) in [5.74, 6) is -1.03. The summed E-state index contributed by atoms with van der Waals surface area (Å²) >= 11 is 0. The number of carboxylic acids is 1. The van der Waals surface area contributed by atoms with E-state index in [1.54, 1.807) is 0 Å². The molecule has 0 aliphatic carbocycles. The van der Waals surface area contributed by atoms with Gasteiger partial charge >= 0.3 is 5.97 Å². The third-order valence-electron chi connectivity index (χ3n) is 2.45. The first kappa shape index (κ1) is 13.4. The minimum Gasteiger partial charge on any atom is -0.478 e. The Labute approximate surface area is 98.1 Å². The van der Waals surface area contributed by atoms with Gasteiger partial charge in [0.25, 0.3) is 0 Å². The lowest BCUT2D eigenvalue weighted by Crippen LogP contribution is -2.49. The number of aliphatic hydroxyl groups excluding tert-OH is 3. The normalized spacial score (nSPS) is 11.2. The molecule has 1 rings (SSSR count). The molecule has 5 N–H and O–H groups in total. The van der Waals surface area contributed by atoms with Gasteiger partial charge in [-0.2, -0.15) is 0 Å². The fourth-order valence-electron chi connectivity index (χ4n) is 1.27. The molecule has 17 heavy (non-hydrogen) atoms. The average Bonchev–Trinajstić information content (AvgIpc) is 2.37. The summed E-state index contributed by atoms with van der Waals surface area (Å²) in [7, 11) is 0. The molecule has 0 saturated carbocycles. The van der Waals surface area contributed by atoms with Crippen LogP contribution >= 0.6 is 0 Å². The van der Waals surface area contributed by atoms with Gasteiger partial charge in [-0.05, 0) is 24.3 Å². The number of nitrogens with one attached hydrogen (secondary N) is 1. The molecule has 0 atom stereocenters. The molecule has 0 aromatic heterocycles. The van der Waals surface area contributed by atoms with Crippen molar-refractivity contribution in [1.29, 1.82) is 0 Å². The van der Waals surface area contributed by atoms with Crippen molar-refractivity contribution >= 4 is 11.7 Å². The van der Waals surface area contributed by atoms with Gasteiger partial charge < -0.3 is 25.7 Å². The van der Waals surface area contributed by atoms with E-state index in [0.717, 1.165) is 0 Å². The van der Waals surface area contributed by atoms with Crippen LogP contribution in [0.1, 0.15) is 10.4 Å². The molecule has 0 aliphatic heterocycles. The van der Waals surface area contributed by atoms with Crippen molar-refractivity contribution in [2.45, 2.75) is 5.54 Å². The predicted octanol–water partition coefficient (Wildman–Crippen LogP) is -0.488. The molecule has 1 aromatic carbocycles. The van der Waals surface area contributed by atoms with E-state index >= 15 is 0 Å². The van der Waals surface area contributed by atoms with E-state index in [4.69, 9.17) is 20.4 Å². The Morgan fingerprint density at radius 2 is 1.53 bits per heavy atom. The number of carbonyl (C=O) groups is 1. The maximum atomic E-state index is 10.6. The van der Waals surface area contributed by atoms with Gasteiger partial charge in [0.05, 0.1) is 25.4 Å². The summed E-state index contributed by atoms with van der Waals surface area (Å²) in [4.78, 5) is 10.6. The van der Waals surface area contributed by atoms with Gasteiger partial charge in [0.2, 0.25) is 0 Å². The van der Waals surface area contributed by atoms with Gasteiger partial charge in [-0.3, -0.25) is 0 Å². The van der Waals surface area contributed by atoms with Crippen molar-refractivity contribution in [3.05, 3.63) is 29.8 Å². The minimum absolute atomic E-state index is 0.137. The van der Waals surface area contributed by atoms with Gasteiger partial charge in [0.15, 0.2) is 0 Å². The second-order valence-electron chi connectivity index (χ2n) is 3.76. The summed E-state index contributed by atoms with van der Waals surface area (Å²) in [5, 5.41) is 38.8. The molecule has 0 bridgehead atoms. The summed E-state index contributed by atoms with van der Waals surface area (Å²) in [6.07, 6.45) is 0. The molecule has 1 aromatic rings. The van der Waals surface area contributed by atoms with Gasteiger partial charge in [-0.1, -0.05) is 0 Å². The van der Waals surface area contributed by atoms with E-state index in [1.165, 1.54) is 24.3 Å². The van der Waals surface area contributed by atoms with Gasteiger partial charge in [0, 0.05) is 5.69 Å². The lowest BCUT2D eigenvalue weighted by atomic mass is 10.0. The summed E-state index contributed by atoms with van der Waals surface area (Å²) < 4.78 is 0. The SMILES string of the molecule is O=C(O)c1ccc(NC(CO)(CO)CO)cc1. The van der Waals surface area contributed by atoms with Crippen LogP contribution in [0.25, 0.3) is 0 Å². The highest BCUT2D eigenvalue weighted by Crippen LogP contribution is 2.16. The molecule has 0 saturated heterocycles. The highest BCUT2D eigenvalue weighted by Gasteiger charge is 2.27. The number of aliphatic hydroxyl groups is 3. The molecule has 0 amide bonds. The highest BCUT2D eigenvalue weighted by atomic mass is 16.4. The van der Waals surface area contributed by atoms with E-state index in [2.05, 4.69) is 5.32 Å². The highest BCUT2D eigenvalue weighted by molar-refractivity contribution is 5.88. The van der Waals surface area contributed by atoms with E-state index in [-0.39, 0.29) is 5.56 Å². The van der Waals surface area contributed by atoms with Crippen LogP contribution in [-0.2, 0) is 0 Å². The van der Waals surface area contributed by atoms with Crippen LogP contribution in [-0.4, -0.2) is 51.8 Å². The number of anilines is 1. The van der Waals surface area contributed by atoms with Crippen molar-refractivity contribution in [2.75, 3.05) is 25.1 Å². The molecular formula is C11H15NO5. The summed E-state index contributed by atoms with van der Waals surface area (Å²) in [5.41, 5.74) is -0.574. The molecule has 0 spiro atoms. The van der Waals surface area contributed by atoms with Crippen molar-refractivity contribution in [2.24, 2.45) is 0 Å². The van der Waals surface area contributed by atoms with Crippen LogP contribution in [0.15, 0.2) is 24.3 Å². The van der Waals surface area contributed by atoms with Crippen LogP contribution < -0.4 is 5.32 Å². The number of hydrogen-bond acceptors (Lipinski definition) is 5. The van der Waals surface area contributed by atoms with E-state index in [1.807, 2.05) is 0 Å². The van der Waals surface area contributed by atoms with Crippen molar-refractivity contribution in [3.8, 4) is 0 Å². The molecule has 6 nitrogen and oxygen atoms in total. The van der Waals surface area contributed by atoms with Crippen LogP contribution in [0.5, 0.6) is 0 Å². The van der Waals surface area contributed by atoms with Crippen LogP contribution in [0.3, 0.4) is 0 Å². The average molecular weight is 241 g/mol. The van der Waals surface area contributed by atoms with Crippen LogP contribution in [0.2, 0.25) is 0 Å². The van der Waals surface area contributed by atoms with E-state index in [0.29, 0.717) is 5.69 Å². The van der Waals surface area contributed by atoms with E-state index < -0.39 is 31.3 Å².